The summed E-state index contributed by atoms with van der Waals surface area (Å²) in [5, 5.41) is 10.3. The van der Waals surface area contributed by atoms with Gasteiger partial charge in [0.15, 0.2) is 0 Å². The quantitative estimate of drug-likeness (QED) is 0.778. The number of nitrogens with one attached hydrogen (secondary N) is 1. The van der Waals surface area contributed by atoms with Crippen molar-refractivity contribution in [2.45, 2.75) is 6.18 Å². The van der Waals surface area contributed by atoms with Crippen LogP contribution in [-0.2, 0) is 6.18 Å². The summed E-state index contributed by atoms with van der Waals surface area (Å²) in [6.07, 6.45) is -2.92. The molecular formula is C9H6F3N3O. The Hall–Kier alpha value is -2.10. The molecule has 1 aromatic rings. The van der Waals surface area contributed by atoms with Crippen LogP contribution in [0.5, 0.6) is 0 Å². The first kappa shape index (κ1) is 12.0. The molecule has 0 fully saturated rings. The Kier molecular flexibility index (Phi) is 3.45. The molecule has 1 rings (SSSR count). The summed E-state index contributed by atoms with van der Waals surface area (Å²) < 4.78 is 36.8. The number of aromatic nitrogens is 1. The Morgan fingerprint density at radius 3 is 2.75 bits per heavy atom. The van der Waals surface area contributed by atoms with Gasteiger partial charge in [0, 0.05) is 12.4 Å². The lowest BCUT2D eigenvalue weighted by atomic mass is 10.2. The molecule has 0 aliphatic carbocycles. The van der Waals surface area contributed by atoms with Gasteiger partial charge in [0.05, 0.1) is 17.2 Å². The van der Waals surface area contributed by atoms with Crippen molar-refractivity contribution in [3.8, 4) is 6.07 Å². The Balaban J connectivity index is 2.91. The van der Waals surface area contributed by atoms with Gasteiger partial charge in [-0.1, -0.05) is 0 Å². The largest absolute Gasteiger partial charge is 0.417 e. The molecule has 1 aromatic heterocycles. The maximum atomic E-state index is 12.3. The van der Waals surface area contributed by atoms with E-state index in [1.807, 2.05) is 0 Å². The highest BCUT2D eigenvalue weighted by molar-refractivity contribution is 5.94. The van der Waals surface area contributed by atoms with Crippen molar-refractivity contribution in [3.05, 3.63) is 29.6 Å². The number of pyridine rings is 1. The SMILES string of the molecule is N#CCNC(=O)c1cncc(C(F)(F)F)c1. The first-order valence-corrected chi connectivity index (χ1v) is 4.12. The van der Waals surface area contributed by atoms with Crippen molar-refractivity contribution in [2.24, 2.45) is 0 Å². The van der Waals surface area contributed by atoms with Crippen molar-refractivity contribution in [3.63, 3.8) is 0 Å². The number of halogens is 3. The fraction of sp³-hybridized carbons (Fsp3) is 0.222. The van der Waals surface area contributed by atoms with Crippen molar-refractivity contribution in [1.29, 1.82) is 5.26 Å². The summed E-state index contributed by atoms with van der Waals surface area (Å²) >= 11 is 0. The number of rotatable bonds is 2. The third kappa shape index (κ3) is 2.95. The van der Waals surface area contributed by atoms with Crippen LogP contribution in [0.15, 0.2) is 18.5 Å². The van der Waals surface area contributed by atoms with Gasteiger partial charge in [-0.05, 0) is 6.07 Å². The van der Waals surface area contributed by atoms with Crippen LogP contribution in [0.2, 0.25) is 0 Å². The summed E-state index contributed by atoms with van der Waals surface area (Å²) in [6, 6.07) is 2.32. The minimum Gasteiger partial charge on any atom is -0.339 e. The Morgan fingerprint density at radius 2 is 2.19 bits per heavy atom. The van der Waals surface area contributed by atoms with Crippen LogP contribution in [0.1, 0.15) is 15.9 Å². The molecule has 4 nitrogen and oxygen atoms in total. The average molecular weight is 229 g/mol. The van der Waals surface area contributed by atoms with E-state index in [-0.39, 0.29) is 12.1 Å². The van der Waals surface area contributed by atoms with Crippen LogP contribution >= 0.6 is 0 Å². The molecule has 0 spiro atoms. The maximum absolute atomic E-state index is 12.3. The number of nitriles is 1. The van der Waals surface area contributed by atoms with E-state index in [0.29, 0.717) is 12.3 Å². The standard InChI is InChI=1S/C9H6F3N3O/c10-9(11,12)7-3-6(4-14-5-7)8(16)15-2-1-13/h3-5H,2H2,(H,15,16). The fourth-order valence-corrected chi connectivity index (χ4v) is 0.941. The van der Waals surface area contributed by atoms with E-state index in [2.05, 4.69) is 10.3 Å². The molecule has 16 heavy (non-hydrogen) atoms. The Labute approximate surface area is 88.7 Å². The normalized spacial score (nSPS) is 10.6. The zero-order valence-electron chi connectivity index (χ0n) is 7.88. The monoisotopic (exact) mass is 229 g/mol. The molecular weight excluding hydrogens is 223 g/mol. The lowest BCUT2D eigenvalue weighted by Gasteiger charge is -2.07. The van der Waals surface area contributed by atoms with Gasteiger partial charge in [0.25, 0.3) is 5.91 Å². The molecule has 0 radical (unpaired) electrons. The number of carbonyl (C=O) groups excluding carboxylic acids is 1. The van der Waals surface area contributed by atoms with Crippen LogP contribution in [-0.4, -0.2) is 17.4 Å². The van der Waals surface area contributed by atoms with Crippen LogP contribution in [0.3, 0.4) is 0 Å². The van der Waals surface area contributed by atoms with E-state index in [1.165, 1.54) is 0 Å². The Morgan fingerprint density at radius 1 is 1.50 bits per heavy atom. The third-order valence-electron chi connectivity index (χ3n) is 1.66. The fourth-order valence-electron chi connectivity index (χ4n) is 0.941. The molecule has 7 heteroatoms. The molecule has 1 N–H and O–H groups in total. The summed E-state index contributed by atoms with van der Waals surface area (Å²) in [5.74, 6) is -0.764. The van der Waals surface area contributed by atoms with Crippen molar-refractivity contribution >= 4 is 5.91 Å². The predicted octanol–water partition coefficient (Wildman–Crippen LogP) is 1.35. The predicted molar refractivity (Wildman–Crippen MR) is 47.2 cm³/mol. The topological polar surface area (TPSA) is 65.8 Å². The van der Waals surface area contributed by atoms with Crippen molar-refractivity contribution < 1.29 is 18.0 Å². The first-order valence-electron chi connectivity index (χ1n) is 4.12. The number of alkyl halides is 3. The van der Waals surface area contributed by atoms with Gasteiger partial charge < -0.3 is 5.32 Å². The highest BCUT2D eigenvalue weighted by Crippen LogP contribution is 2.28. The van der Waals surface area contributed by atoms with E-state index in [4.69, 9.17) is 5.26 Å². The molecule has 0 atom stereocenters. The number of amides is 1. The summed E-state index contributed by atoms with van der Waals surface area (Å²) in [4.78, 5) is 14.5. The molecule has 0 bridgehead atoms. The number of hydrogen-bond donors (Lipinski definition) is 1. The van der Waals surface area contributed by atoms with E-state index >= 15 is 0 Å². The van der Waals surface area contributed by atoms with E-state index in [0.717, 1.165) is 6.20 Å². The molecule has 0 saturated heterocycles. The average Bonchev–Trinajstić information content (AvgIpc) is 2.25. The van der Waals surface area contributed by atoms with Crippen molar-refractivity contribution in [1.82, 2.24) is 10.3 Å². The van der Waals surface area contributed by atoms with E-state index in [9.17, 15) is 18.0 Å². The molecule has 1 amide bonds. The smallest absolute Gasteiger partial charge is 0.339 e. The van der Waals surface area contributed by atoms with Crippen molar-refractivity contribution in [2.75, 3.05) is 6.54 Å². The number of hydrogen-bond acceptors (Lipinski definition) is 3. The van der Waals surface area contributed by atoms with Gasteiger partial charge in [-0.2, -0.15) is 18.4 Å². The lowest BCUT2D eigenvalue weighted by Crippen LogP contribution is -2.24. The maximum Gasteiger partial charge on any atom is 0.417 e. The number of carbonyl (C=O) groups is 1. The summed E-state index contributed by atoms with van der Waals surface area (Å²) in [5.41, 5.74) is -1.23. The van der Waals surface area contributed by atoms with Crippen LogP contribution in [0.4, 0.5) is 13.2 Å². The van der Waals surface area contributed by atoms with Gasteiger partial charge in [0.2, 0.25) is 0 Å². The molecule has 0 aliphatic heterocycles. The third-order valence-corrected chi connectivity index (χ3v) is 1.66. The molecule has 0 unspecified atom stereocenters. The van der Waals surface area contributed by atoms with Crippen LogP contribution in [0, 0.1) is 11.3 Å². The van der Waals surface area contributed by atoms with Crippen LogP contribution < -0.4 is 5.32 Å². The molecule has 0 aliphatic rings. The second kappa shape index (κ2) is 4.61. The highest BCUT2D eigenvalue weighted by atomic mass is 19.4. The number of nitrogens with zero attached hydrogens (tertiary/aromatic N) is 2. The van der Waals surface area contributed by atoms with Gasteiger partial charge in [-0.25, -0.2) is 0 Å². The first-order chi connectivity index (χ1) is 7.45. The summed E-state index contributed by atoms with van der Waals surface area (Å²) in [7, 11) is 0. The molecule has 84 valence electrons. The van der Waals surface area contributed by atoms with Crippen LogP contribution in [0.25, 0.3) is 0 Å². The van der Waals surface area contributed by atoms with Gasteiger partial charge in [0.1, 0.15) is 6.54 Å². The minimum absolute atomic E-state index is 0.231. The summed E-state index contributed by atoms with van der Waals surface area (Å²) in [6.45, 7) is -0.269. The lowest BCUT2D eigenvalue weighted by molar-refractivity contribution is -0.137. The van der Waals surface area contributed by atoms with E-state index in [1.54, 1.807) is 6.07 Å². The molecule has 0 aromatic carbocycles. The zero-order chi connectivity index (χ0) is 12.2. The van der Waals surface area contributed by atoms with Gasteiger partial charge in [-0.15, -0.1) is 0 Å². The van der Waals surface area contributed by atoms with Gasteiger partial charge in [-0.3, -0.25) is 9.78 Å². The minimum atomic E-state index is -4.54. The van der Waals surface area contributed by atoms with Gasteiger partial charge >= 0.3 is 6.18 Å². The molecule has 0 saturated carbocycles. The molecule has 1 heterocycles. The second-order valence-electron chi connectivity index (χ2n) is 2.80. The second-order valence-corrected chi connectivity index (χ2v) is 2.80. The Bertz CT molecular complexity index is 436. The highest BCUT2D eigenvalue weighted by Gasteiger charge is 2.31. The van der Waals surface area contributed by atoms with E-state index < -0.39 is 17.6 Å². The zero-order valence-corrected chi connectivity index (χ0v) is 7.88.